The smallest absolute Gasteiger partial charge is 0.346 e. The molecule has 0 radical (unpaired) electrons. The van der Waals surface area contributed by atoms with Gasteiger partial charge in [0.15, 0.2) is 11.7 Å². The van der Waals surface area contributed by atoms with Crippen LogP contribution < -0.4 is 5.43 Å². The van der Waals surface area contributed by atoms with E-state index in [-0.39, 0.29) is 33.0 Å². The first-order valence-corrected chi connectivity index (χ1v) is 7.76. The summed E-state index contributed by atoms with van der Waals surface area (Å²) >= 11 is 1.11. The Labute approximate surface area is 142 Å². The zero-order valence-corrected chi connectivity index (χ0v) is 13.0. The van der Waals surface area contributed by atoms with Crippen LogP contribution >= 0.6 is 11.3 Å². The van der Waals surface area contributed by atoms with Crippen molar-refractivity contribution in [2.45, 2.75) is 0 Å². The van der Waals surface area contributed by atoms with E-state index in [2.05, 4.69) is 4.74 Å². The third kappa shape index (κ3) is 2.08. The number of cyclic esters (lactones) is 2. The predicted octanol–water partition coefficient (Wildman–Crippen LogP) is 2.24. The minimum Gasteiger partial charge on any atom is -0.478 e. The summed E-state index contributed by atoms with van der Waals surface area (Å²) < 4.78 is 5.37. The Balaban J connectivity index is 2.15. The van der Waals surface area contributed by atoms with Gasteiger partial charge in [0.05, 0.1) is 16.7 Å². The summed E-state index contributed by atoms with van der Waals surface area (Å²) in [6.07, 6.45) is 0.406. The number of hydrogen-bond acceptors (Lipinski definition) is 7. The zero-order chi connectivity index (χ0) is 17.9. The van der Waals surface area contributed by atoms with Crippen LogP contribution in [0, 0.1) is 0 Å². The lowest BCUT2D eigenvalue weighted by Gasteiger charge is -2.05. The summed E-state index contributed by atoms with van der Waals surface area (Å²) in [6, 6.07) is 5.16. The van der Waals surface area contributed by atoms with Crippen molar-refractivity contribution in [2.75, 3.05) is 0 Å². The number of carboxylic acid groups (broad SMARTS) is 1. The molecular weight excluding hydrogens is 348 g/mol. The van der Waals surface area contributed by atoms with Gasteiger partial charge in [-0.3, -0.25) is 9.59 Å². The number of carbonyl (C=O) groups excluding carboxylic acids is 3. The second kappa shape index (κ2) is 5.05. The van der Waals surface area contributed by atoms with Gasteiger partial charge in [0.1, 0.15) is 0 Å². The highest BCUT2D eigenvalue weighted by atomic mass is 32.1. The average molecular weight is 354 g/mol. The van der Waals surface area contributed by atoms with Gasteiger partial charge in [-0.05, 0) is 24.3 Å². The summed E-state index contributed by atoms with van der Waals surface area (Å²) in [4.78, 5) is 58.5. The normalized spacial score (nSPS) is 13.1. The van der Waals surface area contributed by atoms with Crippen LogP contribution in [0.5, 0.6) is 0 Å². The molecule has 0 fully saturated rings. The molecule has 4 rings (SSSR count). The van der Waals surface area contributed by atoms with E-state index in [1.54, 1.807) is 0 Å². The molecule has 25 heavy (non-hydrogen) atoms. The number of esters is 2. The van der Waals surface area contributed by atoms with Gasteiger partial charge in [0.25, 0.3) is 0 Å². The van der Waals surface area contributed by atoms with E-state index >= 15 is 0 Å². The van der Waals surface area contributed by atoms with Crippen LogP contribution in [-0.2, 0) is 4.74 Å². The zero-order valence-electron chi connectivity index (χ0n) is 12.2. The van der Waals surface area contributed by atoms with Crippen LogP contribution in [0.2, 0.25) is 0 Å². The van der Waals surface area contributed by atoms with Crippen LogP contribution in [-0.4, -0.2) is 29.3 Å². The maximum absolute atomic E-state index is 12.7. The number of hydrogen-bond donors (Lipinski definition) is 1. The minimum absolute atomic E-state index is 0.00381. The lowest BCUT2D eigenvalue weighted by Crippen LogP contribution is -2.07. The molecule has 2 aromatic carbocycles. The third-order valence-electron chi connectivity index (χ3n) is 3.96. The number of carbonyl (C=O) groups is 4. The predicted molar refractivity (Wildman–Crippen MR) is 87.7 cm³/mol. The van der Waals surface area contributed by atoms with Crippen LogP contribution in [0.1, 0.15) is 41.4 Å². The van der Waals surface area contributed by atoms with E-state index in [1.165, 1.54) is 18.2 Å². The largest absolute Gasteiger partial charge is 0.478 e. The Morgan fingerprint density at radius 1 is 0.960 bits per heavy atom. The number of aromatic carboxylic acids is 1. The fourth-order valence-corrected chi connectivity index (χ4v) is 3.90. The van der Waals surface area contributed by atoms with Gasteiger partial charge in [-0.2, -0.15) is 0 Å². The number of aldehydes is 1. The van der Waals surface area contributed by atoms with Crippen molar-refractivity contribution in [3.8, 4) is 0 Å². The van der Waals surface area contributed by atoms with Crippen molar-refractivity contribution < 1.29 is 29.0 Å². The molecule has 122 valence electrons. The summed E-state index contributed by atoms with van der Waals surface area (Å²) in [7, 11) is 0. The van der Waals surface area contributed by atoms with E-state index < -0.39 is 23.3 Å². The molecular formula is C17H6O7S. The third-order valence-corrected chi connectivity index (χ3v) is 5.08. The first-order valence-electron chi connectivity index (χ1n) is 6.94. The van der Waals surface area contributed by atoms with E-state index in [9.17, 15) is 29.1 Å². The van der Waals surface area contributed by atoms with Crippen LogP contribution in [0.3, 0.4) is 0 Å². The van der Waals surface area contributed by atoms with E-state index in [4.69, 9.17) is 0 Å². The number of carboxylic acids is 1. The maximum Gasteiger partial charge on any atom is 0.346 e. The highest BCUT2D eigenvalue weighted by molar-refractivity contribution is 7.24. The summed E-state index contributed by atoms with van der Waals surface area (Å²) in [5.41, 5.74) is -0.735. The SMILES string of the molecule is O=Cc1cc2sc3cc4c(cc3c(=O)c2cc1C(=O)O)C(=O)OC4=O. The first kappa shape index (κ1) is 15.2. The molecule has 0 spiro atoms. The average Bonchev–Trinajstić information content (AvgIpc) is 2.86. The molecule has 0 aliphatic carbocycles. The quantitative estimate of drug-likeness (QED) is 0.325. The second-order valence-electron chi connectivity index (χ2n) is 5.36. The Morgan fingerprint density at radius 2 is 1.56 bits per heavy atom. The van der Waals surface area contributed by atoms with Crippen molar-refractivity contribution in [3.05, 3.63) is 56.7 Å². The molecule has 1 aromatic heterocycles. The van der Waals surface area contributed by atoms with Crippen molar-refractivity contribution in [1.82, 2.24) is 0 Å². The molecule has 0 bridgehead atoms. The van der Waals surface area contributed by atoms with Crippen molar-refractivity contribution in [3.63, 3.8) is 0 Å². The van der Waals surface area contributed by atoms with Gasteiger partial charge >= 0.3 is 17.9 Å². The maximum atomic E-state index is 12.7. The topological polar surface area (TPSA) is 115 Å². The fraction of sp³-hybridized carbons (Fsp3) is 0. The van der Waals surface area contributed by atoms with Crippen LogP contribution in [0.15, 0.2) is 29.1 Å². The number of ether oxygens (including phenoxy) is 1. The standard InChI is InChI=1S/C17H6O7S/c18-5-6-1-12-10(2-7(6)15(20)21)14(19)11-3-8-9(4-13(11)25-12)17(23)24-16(8)22/h1-5H,(H,20,21). The lowest BCUT2D eigenvalue weighted by molar-refractivity contribution is 0.0443. The second-order valence-corrected chi connectivity index (χ2v) is 6.44. The highest BCUT2D eigenvalue weighted by Gasteiger charge is 2.30. The first-order chi connectivity index (χ1) is 11.9. The van der Waals surface area contributed by atoms with Crippen molar-refractivity contribution in [1.29, 1.82) is 0 Å². The summed E-state index contributed by atoms with van der Waals surface area (Å²) in [6.45, 7) is 0. The highest BCUT2D eigenvalue weighted by Crippen LogP contribution is 2.31. The molecule has 3 aromatic rings. The Bertz CT molecular complexity index is 1200. The monoisotopic (exact) mass is 354 g/mol. The van der Waals surface area contributed by atoms with Gasteiger partial charge in [-0.15, -0.1) is 11.3 Å². The molecule has 1 N–H and O–H groups in total. The number of benzene rings is 2. The Hall–Kier alpha value is -3.39. The molecule has 0 saturated carbocycles. The summed E-state index contributed by atoms with van der Waals surface area (Å²) in [5, 5.41) is 9.50. The van der Waals surface area contributed by atoms with Gasteiger partial charge in [0.2, 0.25) is 0 Å². The molecule has 2 heterocycles. The number of fused-ring (bicyclic) bond motifs is 3. The summed E-state index contributed by atoms with van der Waals surface area (Å²) in [5.74, 6) is -2.93. The molecule has 0 atom stereocenters. The van der Waals surface area contributed by atoms with Gasteiger partial charge in [-0.25, -0.2) is 14.4 Å². The van der Waals surface area contributed by atoms with Gasteiger partial charge in [-0.1, -0.05) is 0 Å². The van der Waals surface area contributed by atoms with Crippen LogP contribution in [0.4, 0.5) is 0 Å². The Kier molecular flexibility index (Phi) is 3.06. The molecule has 1 aliphatic heterocycles. The minimum atomic E-state index is -1.32. The molecule has 7 nitrogen and oxygen atoms in total. The van der Waals surface area contributed by atoms with Gasteiger partial charge in [0, 0.05) is 25.7 Å². The molecule has 0 saturated heterocycles. The molecule has 8 heteroatoms. The fourth-order valence-electron chi connectivity index (χ4n) is 2.78. The van der Waals surface area contributed by atoms with E-state index in [0.29, 0.717) is 15.7 Å². The molecule has 0 amide bonds. The Morgan fingerprint density at radius 3 is 2.20 bits per heavy atom. The van der Waals surface area contributed by atoms with E-state index in [1.807, 2.05) is 0 Å². The van der Waals surface area contributed by atoms with Crippen molar-refractivity contribution in [2.24, 2.45) is 0 Å². The molecule has 0 unspecified atom stereocenters. The van der Waals surface area contributed by atoms with E-state index in [0.717, 1.165) is 17.4 Å². The number of rotatable bonds is 2. The van der Waals surface area contributed by atoms with Crippen LogP contribution in [0.25, 0.3) is 20.2 Å². The molecule has 1 aliphatic rings. The lowest BCUT2D eigenvalue weighted by atomic mass is 10.0. The van der Waals surface area contributed by atoms with Gasteiger partial charge < -0.3 is 9.84 Å². The van der Waals surface area contributed by atoms with Crippen molar-refractivity contribution >= 4 is 55.7 Å².